The Balaban J connectivity index is 1.52. The number of imidazole rings is 1. The van der Waals surface area contributed by atoms with Gasteiger partial charge < -0.3 is 4.57 Å². The Bertz CT molecular complexity index is 1540. The number of rotatable bonds is 6. The number of H-pyrrole nitrogens is 2. The second-order valence-corrected chi connectivity index (χ2v) is 7.82. The van der Waals surface area contributed by atoms with E-state index in [9.17, 15) is 9.59 Å². The summed E-state index contributed by atoms with van der Waals surface area (Å²) in [7, 11) is 0. The minimum absolute atomic E-state index is 0.410. The molecule has 2 aromatic carbocycles. The molecule has 0 saturated carbocycles. The van der Waals surface area contributed by atoms with Crippen LogP contribution < -0.4 is 11.2 Å². The standard InChI is InChI=1S/C23H22N8O2/c1-3-12-30-21-19(22(32)25-23(30)33)31(14(2)24-21)13-15-8-10-16(11-9-15)17-6-4-5-7-18(17)20-26-28-29-27-20/h4-11H,3,12-13H2,1-2H3,(H,25,32,33)(H,26,27,28,29). The fourth-order valence-corrected chi connectivity index (χ4v) is 4.09. The summed E-state index contributed by atoms with van der Waals surface area (Å²) >= 11 is 0. The average molecular weight is 442 g/mol. The smallest absolute Gasteiger partial charge is 0.318 e. The molecule has 2 N–H and O–H groups in total. The minimum atomic E-state index is -0.427. The van der Waals surface area contributed by atoms with Gasteiger partial charge in [-0.2, -0.15) is 0 Å². The SMILES string of the molecule is CCCn1c(=O)[nH]c(=O)c2c1nc(C)n2Cc1ccc(-c2ccccc2-c2nnn[nH]2)cc1. The van der Waals surface area contributed by atoms with E-state index in [2.05, 4.69) is 30.6 Å². The van der Waals surface area contributed by atoms with Crippen LogP contribution in [0.4, 0.5) is 0 Å². The van der Waals surface area contributed by atoms with Gasteiger partial charge in [0.05, 0.1) is 0 Å². The van der Waals surface area contributed by atoms with Crippen LogP contribution in [0.1, 0.15) is 24.7 Å². The lowest BCUT2D eigenvalue weighted by atomic mass is 9.98. The van der Waals surface area contributed by atoms with E-state index in [4.69, 9.17) is 0 Å². The van der Waals surface area contributed by atoms with Gasteiger partial charge >= 0.3 is 5.69 Å². The maximum atomic E-state index is 12.6. The minimum Gasteiger partial charge on any atom is -0.318 e. The number of hydrogen-bond acceptors (Lipinski definition) is 6. The van der Waals surface area contributed by atoms with Crippen LogP contribution in [0.25, 0.3) is 33.7 Å². The van der Waals surface area contributed by atoms with Crippen molar-refractivity contribution in [1.82, 2.24) is 39.7 Å². The van der Waals surface area contributed by atoms with Crippen LogP contribution >= 0.6 is 0 Å². The van der Waals surface area contributed by atoms with Crippen LogP contribution in [0, 0.1) is 6.92 Å². The predicted molar refractivity (Wildman–Crippen MR) is 124 cm³/mol. The highest BCUT2D eigenvalue weighted by molar-refractivity contribution is 5.80. The Morgan fingerprint density at radius 3 is 2.42 bits per heavy atom. The van der Waals surface area contributed by atoms with Crippen molar-refractivity contribution < 1.29 is 0 Å². The van der Waals surface area contributed by atoms with Crippen molar-refractivity contribution in [2.45, 2.75) is 33.4 Å². The Hall–Kier alpha value is -4.34. The summed E-state index contributed by atoms with van der Waals surface area (Å²) in [6.45, 7) is 4.78. The van der Waals surface area contributed by atoms with Gasteiger partial charge in [0.1, 0.15) is 5.82 Å². The lowest BCUT2D eigenvalue weighted by Gasteiger charge is -2.10. The molecule has 0 saturated heterocycles. The van der Waals surface area contributed by atoms with Gasteiger partial charge in [0.2, 0.25) is 0 Å². The third-order valence-corrected chi connectivity index (χ3v) is 5.66. The summed E-state index contributed by atoms with van der Waals surface area (Å²) in [6, 6.07) is 16.0. The lowest BCUT2D eigenvalue weighted by molar-refractivity contribution is 0.652. The Morgan fingerprint density at radius 2 is 1.73 bits per heavy atom. The molecule has 3 aromatic heterocycles. The quantitative estimate of drug-likeness (QED) is 0.416. The normalized spacial score (nSPS) is 11.3. The van der Waals surface area contributed by atoms with E-state index in [1.165, 1.54) is 4.57 Å². The first kappa shape index (κ1) is 20.6. The molecular weight excluding hydrogens is 420 g/mol. The highest BCUT2D eigenvalue weighted by atomic mass is 16.2. The first-order chi connectivity index (χ1) is 16.1. The zero-order chi connectivity index (χ0) is 22.9. The third-order valence-electron chi connectivity index (χ3n) is 5.66. The number of aryl methyl sites for hydroxylation is 2. The summed E-state index contributed by atoms with van der Waals surface area (Å²) < 4.78 is 3.38. The Kier molecular flexibility index (Phi) is 5.17. The molecule has 0 fully saturated rings. The maximum absolute atomic E-state index is 12.6. The zero-order valence-electron chi connectivity index (χ0n) is 18.2. The predicted octanol–water partition coefficient (Wildman–Crippen LogP) is 2.50. The molecule has 0 bridgehead atoms. The largest absolute Gasteiger partial charge is 0.330 e. The van der Waals surface area contributed by atoms with E-state index in [-0.39, 0.29) is 0 Å². The van der Waals surface area contributed by atoms with E-state index in [1.54, 1.807) is 0 Å². The number of aromatic amines is 2. The number of hydrogen-bond donors (Lipinski definition) is 2. The van der Waals surface area contributed by atoms with Crippen LogP contribution in [0.15, 0.2) is 58.1 Å². The average Bonchev–Trinajstić information content (AvgIpc) is 3.46. The van der Waals surface area contributed by atoms with E-state index < -0.39 is 11.2 Å². The summed E-state index contributed by atoms with van der Waals surface area (Å²) in [6.07, 6.45) is 0.764. The molecule has 0 aliphatic heterocycles. The van der Waals surface area contributed by atoms with E-state index >= 15 is 0 Å². The molecular formula is C23H22N8O2. The topological polar surface area (TPSA) is 127 Å². The van der Waals surface area contributed by atoms with Crippen LogP contribution in [-0.2, 0) is 13.1 Å². The molecule has 5 rings (SSSR count). The van der Waals surface area contributed by atoms with Crippen molar-refractivity contribution in [3.8, 4) is 22.5 Å². The summed E-state index contributed by atoms with van der Waals surface area (Å²) in [5.74, 6) is 1.28. The van der Waals surface area contributed by atoms with Gasteiger partial charge in [-0.1, -0.05) is 55.5 Å². The molecule has 0 aliphatic rings. The lowest BCUT2D eigenvalue weighted by Crippen LogP contribution is -2.31. The number of nitrogens with one attached hydrogen (secondary N) is 2. The van der Waals surface area contributed by atoms with Gasteiger partial charge in [-0.3, -0.25) is 14.3 Å². The summed E-state index contributed by atoms with van der Waals surface area (Å²) in [5, 5.41) is 14.2. The second kappa shape index (κ2) is 8.30. The van der Waals surface area contributed by atoms with Crippen LogP contribution in [0.5, 0.6) is 0 Å². The molecule has 0 atom stereocenters. The number of nitrogens with zero attached hydrogens (tertiary/aromatic N) is 6. The van der Waals surface area contributed by atoms with Crippen molar-refractivity contribution >= 4 is 11.2 Å². The van der Waals surface area contributed by atoms with E-state index in [1.807, 2.05) is 66.9 Å². The van der Waals surface area contributed by atoms with Gasteiger partial charge in [0, 0.05) is 18.7 Å². The molecule has 0 aliphatic carbocycles. The maximum Gasteiger partial charge on any atom is 0.330 e. The van der Waals surface area contributed by atoms with E-state index in [0.29, 0.717) is 35.9 Å². The highest BCUT2D eigenvalue weighted by Gasteiger charge is 2.17. The van der Waals surface area contributed by atoms with Crippen LogP contribution in [0.2, 0.25) is 0 Å². The van der Waals surface area contributed by atoms with Crippen LogP contribution in [-0.4, -0.2) is 39.7 Å². The molecule has 0 amide bonds. The number of benzene rings is 2. The Labute approximate surface area is 187 Å². The Morgan fingerprint density at radius 1 is 0.970 bits per heavy atom. The molecule has 0 spiro atoms. The number of aromatic nitrogens is 8. The number of fused-ring (bicyclic) bond motifs is 1. The van der Waals surface area contributed by atoms with Gasteiger partial charge in [-0.15, -0.1) is 5.10 Å². The van der Waals surface area contributed by atoms with Crippen molar-refractivity contribution in [2.75, 3.05) is 0 Å². The van der Waals surface area contributed by atoms with Gasteiger partial charge in [-0.25, -0.2) is 14.9 Å². The first-order valence-corrected chi connectivity index (χ1v) is 10.7. The fourth-order valence-electron chi connectivity index (χ4n) is 4.09. The van der Waals surface area contributed by atoms with Crippen molar-refractivity contribution in [3.05, 3.63) is 80.8 Å². The molecule has 5 aromatic rings. The molecule has 0 radical (unpaired) electrons. The monoisotopic (exact) mass is 442 g/mol. The van der Waals surface area contributed by atoms with Crippen LogP contribution in [0.3, 0.4) is 0 Å². The van der Waals surface area contributed by atoms with Gasteiger partial charge in [-0.05, 0) is 40.5 Å². The molecule has 10 nitrogen and oxygen atoms in total. The second-order valence-electron chi connectivity index (χ2n) is 7.82. The molecule has 166 valence electrons. The zero-order valence-corrected chi connectivity index (χ0v) is 18.2. The fraction of sp³-hybridized carbons (Fsp3) is 0.217. The third kappa shape index (κ3) is 3.65. The van der Waals surface area contributed by atoms with Gasteiger partial charge in [0.25, 0.3) is 5.56 Å². The van der Waals surface area contributed by atoms with Crippen molar-refractivity contribution in [1.29, 1.82) is 0 Å². The van der Waals surface area contributed by atoms with E-state index in [0.717, 1.165) is 28.7 Å². The molecule has 0 unspecified atom stereocenters. The molecule has 33 heavy (non-hydrogen) atoms. The van der Waals surface area contributed by atoms with Gasteiger partial charge in [0.15, 0.2) is 17.0 Å². The van der Waals surface area contributed by atoms with Crippen molar-refractivity contribution in [2.24, 2.45) is 0 Å². The first-order valence-electron chi connectivity index (χ1n) is 10.7. The summed E-state index contributed by atoms with van der Waals surface area (Å²) in [4.78, 5) is 31.8. The number of tetrazole rings is 1. The summed E-state index contributed by atoms with van der Waals surface area (Å²) in [5.41, 5.74) is 3.93. The molecule has 10 heteroatoms. The highest BCUT2D eigenvalue weighted by Crippen LogP contribution is 2.30. The van der Waals surface area contributed by atoms with Crippen molar-refractivity contribution in [3.63, 3.8) is 0 Å². The molecule has 3 heterocycles.